The first-order chi connectivity index (χ1) is 9.61. The maximum atomic E-state index is 2.28. The van der Waals surface area contributed by atoms with E-state index in [-0.39, 0.29) is 0 Å². The molecular formula is C20H24. The van der Waals surface area contributed by atoms with Gasteiger partial charge in [0.2, 0.25) is 0 Å². The van der Waals surface area contributed by atoms with Crippen LogP contribution >= 0.6 is 0 Å². The van der Waals surface area contributed by atoms with Crippen molar-refractivity contribution in [3.63, 3.8) is 0 Å². The van der Waals surface area contributed by atoms with Crippen molar-refractivity contribution in [1.29, 1.82) is 0 Å². The molecule has 0 bridgehead atoms. The van der Waals surface area contributed by atoms with Crippen molar-refractivity contribution in [3.05, 3.63) is 76.4 Å². The summed E-state index contributed by atoms with van der Waals surface area (Å²) in [6.07, 6.45) is 9.00. The van der Waals surface area contributed by atoms with Crippen molar-refractivity contribution < 1.29 is 0 Å². The molecule has 0 saturated carbocycles. The maximum absolute atomic E-state index is 2.28. The van der Waals surface area contributed by atoms with E-state index in [2.05, 4.69) is 76.3 Å². The average molecular weight is 264 g/mol. The van der Waals surface area contributed by atoms with Gasteiger partial charge in [-0.15, -0.1) is 0 Å². The molecule has 0 N–H and O–H groups in total. The Hall–Kier alpha value is -1.82. The molecule has 0 heterocycles. The summed E-state index contributed by atoms with van der Waals surface area (Å²) in [5, 5.41) is 0. The molecule has 1 aromatic carbocycles. The van der Waals surface area contributed by atoms with Gasteiger partial charge in [0.25, 0.3) is 0 Å². The highest BCUT2D eigenvalue weighted by molar-refractivity contribution is 5.86. The molecular weight excluding hydrogens is 240 g/mol. The summed E-state index contributed by atoms with van der Waals surface area (Å²) >= 11 is 0. The minimum atomic E-state index is 1.14. The first kappa shape index (κ1) is 14.6. The van der Waals surface area contributed by atoms with E-state index < -0.39 is 0 Å². The van der Waals surface area contributed by atoms with Crippen LogP contribution in [0.3, 0.4) is 0 Å². The van der Waals surface area contributed by atoms with Crippen LogP contribution in [0.25, 0.3) is 5.57 Å². The fourth-order valence-electron chi connectivity index (χ4n) is 2.83. The van der Waals surface area contributed by atoms with E-state index >= 15 is 0 Å². The summed E-state index contributed by atoms with van der Waals surface area (Å²) in [4.78, 5) is 0. The molecule has 0 atom stereocenters. The molecule has 2 rings (SSSR count). The van der Waals surface area contributed by atoms with Gasteiger partial charge in [0.1, 0.15) is 0 Å². The SMILES string of the molecule is CC(C)=C(C1=CC=CCC1)C(=C(C)C)c1ccccc1. The summed E-state index contributed by atoms with van der Waals surface area (Å²) in [5.74, 6) is 0. The number of hydrogen-bond donors (Lipinski definition) is 0. The molecule has 1 aliphatic carbocycles. The minimum absolute atomic E-state index is 1.14. The summed E-state index contributed by atoms with van der Waals surface area (Å²) in [5.41, 5.74) is 8.38. The van der Waals surface area contributed by atoms with E-state index in [1.807, 2.05) is 0 Å². The highest BCUT2D eigenvalue weighted by Gasteiger charge is 2.16. The lowest BCUT2D eigenvalue weighted by atomic mass is 9.84. The quantitative estimate of drug-likeness (QED) is 0.579. The third kappa shape index (κ3) is 3.19. The lowest BCUT2D eigenvalue weighted by Gasteiger charge is -2.21. The Morgan fingerprint density at radius 3 is 2.00 bits per heavy atom. The monoisotopic (exact) mass is 264 g/mol. The van der Waals surface area contributed by atoms with Gasteiger partial charge in [0.05, 0.1) is 0 Å². The molecule has 1 aromatic rings. The number of allylic oxidation sites excluding steroid dienone is 8. The van der Waals surface area contributed by atoms with Gasteiger partial charge in [-0.05, 0) is 62.8 Å². The summed E-state index contributed by atoms with van der Waals surface area (Å²) in [7, 11) is 0. The molecule has 0 fully saturated rings. The van der Waals surface area contributed by atoms with Crippen LogP contribution in [-0.4, -0.2) is 0 Å². The predicted octanol–water partition coefficient (Wildman–Crippen LogP) is 6.09. The Bertz CT molecular complexity index is 584. The molecule has 0 saturated heterocycles. The molecule has 0 aliphatic heterocycles. The largest absolute Gasteiger partial charge is 0.0842 e. The van der Waals surface area contributed by atoms with Gasteiger partial charge in [-0.3, -0.25) is 0 Å². The van der Waals surface area contributed by atoms with E-state index in [4.69, 9.17) is 0 Å². The summed E-state index contributed by atoms with van der Waals surface area (Å²) in [6, 6.07) is 10.7. The Kier molecular flexibility index (Phi) is 4.79. The van der Waals surface area contributed by atoms with Crippen LogP contribution in [-0.2, 0) is 0 Å². The molecule has 0 spiro atoms. The second-order valence-electron chi connectivity index (χ2n) is 5.77. The fraction of sp³-hybridized carbons (Fsp3) is 0.300. The van der Waals surface area contributed by atoms with Gasteiger partial charge in [-0.1, -0.05) is 59.7 Å². The van der Waals surface area contributed by atoms with Crippen LogP contribution in [0.4, 0.5) is 0 Å². The minimum Gasteiger partial charge on any atom is -0.0842 e. The topological polar surface area (TPSA) is 0 Å². The first-order valence-electron chi connectivity index (χ1n) is 7.38. The Morgan fingerprint density at radius 2 is 1.50 bits per heavy atom. The molecule has 0 amide bonds. The molecule has 20 heavy (non-hydrogen) atoms. The van der Waals surface area contributed by atoms with E-state index in [0.717, 1.165) is 12.8 Å². The zero-order valence-electron chi connectivity index (χ0n) is 13.0. The van der Waals surface area contributed by atoms with Crippen molar-refractivity contribution in [2.45, 2.75) is 40.5 Å². The molecule has 0 unspecified atom stereocenters. The van der Waals surface area contributed by atoms with Crippen LogP contribution in [0.2, 0.25) is 0 Å². The molecule has 104 valence electrons. The standard InChI is InChI=1S/C20H24/c1-15(2)19(17-11-7-5-8-12-17)20(16(3)4)18-13-9-6-10-14-18/h5-9,11-13H,10,14H2,1-4H3. The van der Waals surface area contributed by atoms with Gasteiger partial charge >= 0.3 is 0 Å². The fourth-order valence-corrected chi connectivity index (χ4v) is 2.83. The van der Waals surface area contributed by atoms with Gasteiger partial charge in [0.15, 0.2) is 0 Å². The zero-order chi connectivity index (χ0) is 14.5. The summed E-state index contributed by atoms with van der Waals surface area (Å²) in [6.45, 7) is 8.87. The number of benzene rings is 1. The second kappa shape index (κ2) is 6.56. The van der Waals surface area contributed by atoms with Gasteiger partial charge < -0.3 is 0 Å². The van der Waals surface area contributed by atoms with Crippen molar-refractivity contribution in [3.8, 4) is 0 Å². The predicted molar refractivity (Wildman–Crippen MR) is 89.5 cm³/mol. The second-order valence-corrected chi connectivity index (χ2v) is 5.77. The third-order valence-electron chi connectivity index (χ3n) is 3.65. The number of hydrogen-bond acceptors (Lipinski definition) is 0. The van der Waals surface area contributed by atoms with E-state index in [1.165, 1.54) is 33.4 Å². The average Bonchev–Trinajstić information content (AvgIpc) is 2.45. The molecule has 0 aromatic heterocycles. The maximum Gasteiger partial charge on any atom is -0.0123 e. The molecule has 1 aliphatic rings. The normalized spacial score (nSPS) is 13.7. The van der Waals surface area contributed by atoms with Crippen LogP contribution in [0.1, 0.15) is 46.1 Å². The van der Waals surface area contributed by atoms with Gasteiger partial charge in [-0.25, -0.2) is 0 Å². The van der Waals surface area contributed by atoms with Crippen LogP contribution in [0, 0.1) is 0 Å². The Balaban J connectivity index is 2.58. The smallest absolute Gasteiger partial charge is 0.0123 e. The van der Waals surface area contributed by atoms with Crippen LogP contribution in [0.15, 0.2) is 70.9 Å². The lowest BCUT2D eigenvalue weighted by Crippen LogP contribution is -2.01. The van der Waals surface area contributed by atoms with E-state index in [1.54, 1.807) is 0 Å². The zero-order valence-corrected chi connectivity index (χ0v) is 13.0. The van der Waals surface area contributed by atoms with Gasteiger partial charge in [-0.2, -0.15) is 0 Å². The van der Waals surface area contributed by atoms with Crippen molar-refractivity contribution >= 4 is 5.57 Å². The molecule has 0 heteroatoms. The number of rotatable bonds is 3. The third-order valence-corrected chi connectivity index (χ3v) is 3.65. The Labute approximate surface area is 123 Å². The molecule has 0 nitrogen and oxygen atoms in total. The van der Waals surface area contributed by atoms with Crippen molar-refractivity contribution in [2.75, 3.05) is 0 Å². The van der Waals surface area contributed by atoms with Crippen LogP contribution in [0.5, 0.6) is 0 Å². The van der Waals surface area contributed by atoms with Crippen LogP contribution < -0.4 is 0 Å². The first-order valence-corrected chi connectivity index (χ1v) is 7.38. The van der Waals surface area contributed by atoms with Crippen molar-refractivity contribution in [2.24, 2.45) is 0 Å². The van der Waals surface area contributed by atoms with Gasteiger partial charge in [0, 0.05) is 0 Å². The van der Waals surface area contributed by atoms with Crippen molar-refractivity contribution in [1.82, 2.24) is 0 Å². The highest BCUT2D eigenvalue weighted by Crippen LogP contribution is 2.36. The van der Waals surface area contributed by atoms with E-state index in [0.29, 0.717) is 0 Å². The Morgan fingerprint density at radius 1 is 0.850 bits per heavy atom. The van der Waals surface area contributed by atoms with E-state index in [9.17, 15) is 0 Å². The molecule has 0 radical (unpaired) electrons. The lowest BCUT2D eigenvalue weighted by molar-refractivity contribution is 0.972. The highest BCUT2D eigenvalue weighted by atomic mass is 14.2. The summed E-state index contributed by atoms with van der Waals surface area (Å²) < 4.78 is 0.